The molecular formula is C23H38N2O3. The van der Waals surface area contributed by atoms with Gasteiger partial charge in [-0.05, 0) is 44.5 Å². The number of nitrogens with zero attached hydrogens (tertiary/aromatic N) is 1. The molecule has 1 aromatic rings. The Morgan fingerprint density at radius 3 is 2.54 bits per heavy atom. The van der Waals surface area contributed by atoms with Gasteiger partial charge in [-0.1, -0.05) is 57.9 Å². The third-order valence-corrected chi connectivity index (χ3v) is 5.19. The maximum absolute atomic E-state index is 12.0. The van der Waals surface area contributed by atoms with Gasteiger partial charge in [-0.2, -0.15) is 0 Å². The summed E-state index contributed by atoms with van der Waals surface area (Å²) in [5, 5.41) is 2.79. The van der Waals surface area contributed by atoms with Gasteiger partial charge in [-0.15, -0.1) is 0 Å². The smallest absolute Gasteiger partial charge is 0.411 e. The second kappa shape index (κ2) is 14.3. The van der Waals surface area contributed by atoms with E-state index >= 15 is 0 Å². The zero-order valence-corrected chi connectivity index (χ0v) is 17.6. The van der Waals surface area contributed by atoms with Gasteiger partial charge in [0.1, 0.15) is 12.4 Å². The maximum Gasteiger partial charge on any atom is 0.411 e. The van der Waals surface area contributed by atoms with E-state index in [0.29, 0.717) is 12.3 Å². The first kappa shape index (κ1) is 22.5. The molecule has 0 aliphatic carbocycles. The third kappa shape index (κ3) is 9.98. The van der Waals surface area contributed by atoms with Crippen LogP contribution >= 0.6 is 0 Å². The van der Waals surface area contributed by atoms with E-state index in [2.05, 4.69) is 17.1 Å². The van der Waals surface area contributed by atoms with Crippen LogP contribution in [0.2, 0.25) is 0 Å². The number of ether oxygens (including phenoxy) is 2. The molecule has 0 radical (unpaired) electrons. The van der Waals surface area contributed by atoms with E-state index in [9.17, 15) is 4.79 Å². The van der Waals surface area contributed by atoms with E-state index in [4.69, 9.17) is 9.47 Å². The summed E-state index contributed by atoms with van der Waals surface area (Å²) in [6, 6.07) is 7.52. The monoisotopic (exact) mass is 390 g/mol. The lowest BCUT2D eigenvalue weighted by Gasteiger charge is -2.25. The molecule has 1 aromatic carbocycles. The second-order valence-electron chi connectivity index (χ2n) is 7.66. The number of unbranched alkanes of at least 4 members (excludes halogenated alkanes) is 6. The van der Waals surface area contributed by atoms with Crippen LogP contribution in [0.3, 0.4) is 0 Å². The predicted octanol–water partition coefficient (Wildman–Crippen LogP) is 5.85. The molecule has 0 unspecified atom stereocenters. The molecule has 2 rings (SSSR count). The van der Waals surface area contributed by atoms with Crippen LogP contribution in [0.1, 0.15) is 71.1 Å². The number of nitrogens with one attached hydrogen (secondary N) is 1. The van der Waals surface area contributed by atoms with Crippen molar-refractivity contribution < 1.29 is 14.3 Å². The van der Waals surface area contributed by atoms with Gasteiger partial charge in [0, 0.05) is 18.3 Å². The number of rotatable bonds is 13. The molecule has 5 nitrogen and oxygen atoms in total. The summed E-state index contributed by atoms with van der Waals surface area (Å²) < 4.78 is 11.1. The molecule has 0 spiro atoms. The minimum Gasteiger partial charge on any atom is -0.494 e. The number of likely N-dealkylation sites (tertiary alicyclic amines) is 1. The summed E-state index contributed by atoms with van der Waals surface area (Å²) in [6.45, 7) is 6.44. The van der Waals surface area contributed by atoms with Crippen molar-refractivity contribution >= 4 is 11.8 Å². The van der Waals surface area contributed by atoms with E-state index < -0.39 is 6.09 Å². The van der Waals surface area contributed by atoms with Gasteiger partial charge in [0.05, 0.1) is 6.61 Å². The van der Waals surface area contributed by atoms with Gasteiger partial charge in [0.25, 0.3) is 0 Å². The van der Waals surface area contributed by atoms with E-state index in [0.717, 1.165) is 38.4 Å². The van der Waals surface area contributed by atoms with Crippen molar-refractivity contribution in [2.75, 3.05) is 38.2 Å². The topological polar surface area (TPSA) is 50.8 Å². The Kier molecular flexibility index (Phi) is 11.5. The Labute approximate surface area is 170 Å². The predicted molar refractivity (Wildman–Crippen MR) is 115 cm³/mol. The largest absolute Gasteiger partial charge is 0.494 e. The molecule has 0 atom stereocenters. The number of piperidine rings is 1. The maximum atomic E-state index is 12.0. The Bertz CT molecular complexity index is 544. The van der Waals surface area contributed by atoms with Gasteiger partial charge in [0.2, 0.25) is 0 Å². The van der Waals surface area contributed by atoms with Gasteiger partial charge in [-0.25, -0.2) is 4.79 Å². The molecule has 28 heavy (non-hydrogen) atoms. The highest BCUT2D eigenvalue weighted by atomic mass is 16.5. The van der Waals surface area contributed by atoms with Crippen LogP contribution in [0.15, 0.2) is 24.3 Å². The Balaban J connectivity index is 1.57. The van der Waals surface area contributed by atoms with Crippen molar-refractivity contribution in [2.24, 2.45) is 0 Å². The molecule has 1 saturated heterocycles. The van der Waals surface area contributed by atoms with Crippen molar-refractivity contribution in [2.45, 2.75) is 71.1 Å². The molecule has 158 valence electrons. The van der Waals surface area contributed by atoms with Crippen LogP contribution in [0, 0.1) is 0 Å². The standard InChI is InChI=1S/C23H38N2O3/c1-2-3-4-5-6-7-11-18-27-22-14-12-13-21(20-22)24-23(26)28-19-17-25-15-9-8-10-16-25/h12-14,20H,2-11,15-19H2,1H3,(H,24,26). The Morgan fingerprint density at radius 1 is 1.00 bits per heavy atom. The van der Waals surface area contributed by atoms with E-state index in [1.54, 1.807) is 0 Å². The SMILES string of the molecule is CCCCCCCCCOc1cccc(NC(=O)OCCN2CCCCC2)c1. The molecule has 0 aromatic heterocycles. The molecule has 1 fully saturated rings. The van der Waals surface area contributed by atoms with Crippen molar-refractivity contribution in [3.63, 3.8) is 0 Å². The molecule has 1 amide bonds. The number of carbonyl (C=O) groups excluding carboxylic acids is 1. The van der Waals surface area contributed by atoms with Crippen LogP contribution in [-0.2, 0) is 4.74 Å². The quantitative estimate of drug-likeness (QED) is 0.429. The number of amides is 1. The van der Waals surface area contributed by atoms with Gasteiger partial charge in [-0.3, -0.25) is 10.2 Å². The molecule has 1 aliphatic heterocycles. The van der Waals surface area contributed by atoms with Crippen LogP contribution in [0.4, 0.5) is 10.5 Å². The summed E-state index contributed by atoms with van der Waals surface area (Å²) in [5.41, 5.74) is 0.708. The number of anilines is 1. The number of hydrogen-bond donors (Lipinski definition) is 1. The van der Waals surface area contributed by atoms with Crippen molar-refractivity contribution in [3.05, 3.63) is 24.3 Å². The van der Waals surface area contributed by atoms with Crippen molar-refractivity contribution in [1.82, 2.24) is 4.90 Å². The fourth-order valence-electron chi connectivity index (χ4n) is 3.52. The van der Waals surface area contributed by atoms with E-state index in [1.165, 1.54) is 57.8 Å². The van der Waals surface area contributed by atoms with E-state index in [1.807, 2.05) is 24.3 Å². The fraction of sp³-hybridized carbons (Fsp3) is 0.696. The fourth-order valence-corrected chi connectivity index (χ4v) is 3.52. The first-order chi connectivity index (χ1) is 13.8. The first-order valence-corrected chi connectivity index (χ1v) is 11.2. The summed E-state index contributed by atoms with van der Waals surface area (Å²) >= 11 is 0. The lowest BCUT2D eigenvalue weighted by atomic mass is 10.1. The lowest BCUT2D eigenvalue weighted by Crippen LogP contribution is -2.33. The first-order valence-electron chi connectivity index (χ1n) is 11.2. The lowest BCUT2D eigenvalue weighted by molar-refractivity contribution is 0.131. The highest BCUT2D eigenvalue weighted by Crippen LogP contribution is 2.18. The molecule has 1 heterocycles. The average Bonchev–Trinajstić information content (AvgIpc) is 2.71. The molecule has 1 aliphatic rings. The zero-order valence-electron chi connectivity index (χ0n) is 17.6. The van der Waals surface area contributed by atoms with Gasteiger partial charge in [0.15, 0.2) is 0 Å². The molecule has 5 heteroatoms. The molecule has 0 bridgehead atoms. The normalized spacial score (nSPS) is 14.6. The summed E-state index contributed by atoms with van der Waals surface area (Å²) in [5.74, 6) is 0.789. The van der Waals surface area contributed by atoms with Gasteiger partial charge < -0.3 is 9.47 Å². The number of hydrogen-bond acceptors (Lipinski definition) is 4. The number of carbonyl (C=O) groups is 1. The van der Waals surface area contributed by atoms with Crippen LogP contribution < -0.4 is 10.1 Å². The highest BCUT2D eigenvalue weighted by molar-refractivity contribution is 5.84. The number of benzene rings is 1. The Morgan fingerprint density at radius 2 is 1.75 bits per heavy atom. The van der Waals surface area contributed by atoms with Crippen LogP contribution in [0.25, 0.3) is 0 Å². The minimum atomic E-state index is -0.402. The Hall–Kier alpha value is -1.75. The third-order valence-electron chi connectivity index (χ3n) is 5.19. The van der Waals surface area contributed by atoms with Crippen LogP contribution in [0.5, 0.6) is 5.75 Å². The summed E-state index contributed by atoms with van der Waals surface area (Å²) in [7, 11) is 0. The average molecular weight is 391 g/mol. The summed E-state index contributed by atoms with van der Waals surface area (Å²) in [4.78, 5) is 14.3. The summed E-state index contributed by atoms with van der Waals surface area (Å²) in [6.07, 6.45) is 12.3. The van der Waals surface area contributed by atoms with Gasteiger partial charge >= 0.3 is 6.09 Å². The molecule has 0 saturated carbocycles. The van der Waals surface area contributed by atoms with Crippen molar-refractivity contribution in [3.8, 4) is 5.75 Å². The van der Waals surface area contributed by atoms with E-state index in [-0.39, 0.29) is 0 Å². The minimum absolute atomic E-state index is 0.402. The highest BCUT2D eigenvalue weighted by Gasteiger charge is 2.11. The molecule has 1 N–H and O–H groups in total. The van der Waals surface area contributed by atoms with Crippen LogP contribution in [-0.4, -0.2) is 43.8 Å². The zero-order chi connectivity index (χ0) is 19.9. The molecular weight excluding hydrogens is 352 g/mol. The van der Waals surface area contributed by atoms with Crippen molar-refractivity contribution in [1.29, 1.82) is 0 Å². The second-order valence-corrected chi connectivity index (χ2v) is 7.66.